The van der Waals surface area contributed by atoms with Crippen LogP contribution >= 0.6 is 0 Å². The van der Waals surface area contributed by atoms with E-state index in [0.29, 0.717) is 11.5 Å². The zero-order valence-corrected chi connectivity index (χ0v) is 10.8. The van der Waals surface area contributed by atoms with E-state index in [2.05, 4.69) is 22.1 Å². The van der Waals surface area contributed by atoms with Crippen molar-refractivity contribution >= 4 is 17.5 Å². The zero-order valence-electron chi connectivity index (χ0n) is 10.8. The fourth-order valence-corrected chi connectivity index (χ4v) is 1.63. The molecule has 0 fully saturated rings. The molecule has 1 aromatic heterocycles. The van der Waals surface area contributed by atoms with Gasteiger partial charge in [0.15, 0.2) is 0 Å². The minimum atomic E-state index is -0.452. The van der Waals surface area contributed by atoms with Gasteiger partial charge in [0, 0.05) is 7.05 Å². The van der Waals surface area contributed by atoms with Crippen molar-refractivity contribution in [3.8, 4) is 0 Å². The number of methoxy groups -OCH3 is 1. The maximum Gasteiger partial charge on any atom is 0.328 e. The minimum Gasteiger partial charge on any atom is -0.467 e. The van der Waals surface area contributed by atoms with Crippen LogP contribution in [0.5, 0.6) is 0 Å². The number of esters is 1. The Kier molecular flexibility index (Phi) is 4.37. The Morgan fingerprint density at radius 2 is 2.29 bits per heavy atom. The summed E-state index contributed by atoms with van der Waals surface area (Å²) in [5.41, 5.74) is 7.44. The number of aromatic nitrogens is 2. The topological polar surface area (TPSA) is 82.2 Å². The number of nitrogens with one attached hydrogen (secondary N) is 1. The summed E-state index contributed by atoms with van der Waals surface area (Å²) in [5, 5.41) is 7.32. The number of nitrogens with zero attached hydrogens (tertiary/aromatic N) is 2. The third-order valence-corrected chi connectivity index (χ3v) is 2.56. The van der Waals surface area contributed by atoms with Crippen LogP contribution in [0.3, 0.4) is 0 Å². The first-order valence-electron chi connectivity index (χ1n) is 5.66. The second-order valence-corrected chi connectivity index (χ2v) is 3.97. The second kappa shape index (κ2) is 5.56. The lowest BCUT2D eigenvalue weighted by Crippen LogP contribution is -2.28. The van der Waals surface area contributed by atoms with E-state index in [-0.39, 0.29) is 5.97 Å². The molecule has 1 unspecified atom stereocenters. The molecular formula is C11H20N4O2. The molecule has 0 saturated heterocycles. The van der Waals surface area contributed by atoms with Crippen molar-refractivity contribution in [2.45, 2.75) is 32.7 Å². The molecule has 0 aliphatic rings. The number of carbonyl (C=O) groups is 1. The molecule has 6 nitrogen and oxygen atoms in total. The third kappa shape index (κ3) is 2.89. The summed E-state index contributed by atoms with van der Waals surface area (Å²) in [5.74, 6) is 0.328. The second-order valence-electron chi connectivity index (χ2n) is 3.97. The van der Waals surface area contributed by atoms with Crippen molar-refractivity contribution in [2.24, 2.45) is 7.05 Å². The maximum absolute atomic E-state index is 11.3. The van der Waals surface area contributed by atoms with Gasteiger partial charge in [-0.1, -0.05) is 13.3 Å². The Morgan fingerprint density at radius 3 is 2.82 bits per heavy atom. The summed E-state index contributed by atoms with van der Waals surface area (Å²) in [6, 6.07) is -0.452. The maximum atomic E-state index is 11.3. The van der Waals surface area contributed by atoms with Crippen molar-refractivity contribution in [2.75, 3.05) is 18.2 Å². The normalized spacial score (nSPS) is 12.2. The summed E-state index contributed by atoms with van der Waals surface area (Å²) in [7, 11) is 3.15. The van der Waals surface area contributed by atoms with Gasteiger partial charge in [-0.3, -0.25) is 4.68 Å². The predicted molar refractivity (Wildman–Crippen MR) is 66.7 cm³/mol. The van der Waals surface area contributed by atoms with Crippen LogP contribution in [0.15, 0.2) is 0 Å². The van der Waals surface area contributed by atoms with Gasteiger partial charge in [0.2, 0.25) is 0 Å². The Bertz CT molecular complexity index is 400. The van der Waals surface area contributed by atoms with Gasteiger partial charge in [-0.2, -0.15) is 5.10 Å². The van der Waals surface area contributed by atoms with E-state index in [1.807, 2.05) is 0 Å². The highest BCUT2D eigenvalue weighted by molar-refractivity contribution is 5.80. The highest BCUT2D eigenvalue weighted by Crippen LogP contribution is 2.23. The van der Waals surface area contributed by atoms with E-state index in [1.54, 1.807) is 18.7 Å². The van der Waals surface area contributed by atoms with Crippen molar-refractivity contribution in [3.05, 3.63) is 5.69 Å². The van der Waals surface area contributed by atoms with Crippen LogP contribution in [0.25, 0.3) is 0 Å². The van der Waals surface area contributed by atoms with Crippen LogP contribution in [-0.2, 0) is 23.0 Å². The van der Waals surface area contributed by atoms with Crippen LogP contribution in [-0.4, -0.2) is 28.9 Å². The van der Waals surface area contributed by atoms with E-state index in [9.17, 15) is 4.79 Å². The molecule has 0 amide bonds. The number of carbonyl (C=O) groups excluding carboxylic acids is 1. The molecule has 0 aliphatic carbocycles. The number of hydrogen-bond acceptors (Lipinski definition) is 5. The fraction of sp³-hybridized carbons (Fsp3) is 0.636. The molecule has 6 heteroatoms. The highest BCUT2D eigenvalue weighted by atomic mass is 16.5. The Labute approximate surface area is 101 Å². The number of nitrogen functional groups attached to an aromatic ring is 1. The lowest BCUT2D eigenvalue weighted by molar-refractivity contribution is -0.141. The van der Waals surface area contributed by atoms with Gasteiger partial charge in [0.1, 0.15) is 11.9 Å². The van der Waals surface area contributed by atoms with Crippen molar-refractivity contribution in [3.63, 3.8) is 0 Å². The van der Waals surface area contributed by atoms with Crippen LogP contribution in [0.1, 0.15) is 26.0 Å². The number of nitrogens with two attached hydrogens (primary N) is 1. The van der Waals surface area contributed by atoms with Crippen LogP contribution in [0, 0.1) is 0 Å². The molecule has 96 valence electrons. The van der Waals surface area contributed by atoms with Crippen LogP contribution < -0.4 is 11.1 Å². The van der Waals surface area contributed by atoms with Crippen LogP contribution in [0.2, 0.25) is 0 Å². The summed E-state index contributed by atoms with van der Waals surface area (Å²) in [6.07, 6.45) is 1.81. The van der Waals surface area contributed by atoms with Gasteiger partial charge >= 0.3 is 5.97 Å². The number of rotatable bonds is 5. The molecule has 0 radical (unpaired) electrons. The molecule has 1 heterocycles. The summed E-state index contributed by atoms with van der Waals surface area (Å²) in [4.78, 5) is 11.3. The lowest BCUT2D eigenvalue weighted by Gasteiger charge is -2.13. The minimum absolute atomic E-state index is 0.331. The zero-order chi connectivity index (χ0) is 13.0. The lowest BCUT2D eigenvalue weighted by atomic mass is 10.2. The van der Waals surface area contributed by atoms with E-state index in [0.717, 1.165) is 18.5 Å². The van der Waals surface area contributed by atoms with Gasteiger partial charge in [0.05, 0.1) is 18.5 Å². The molecule has 0 bridgehead atoms. The summed E-state index contributed by atoms with van der Waals surface area (Å²) < 4.78 is 6.30. The molecule has 1 atom stereocenters. The fourth-order valence-electron chi connectivity index (χ4n) is 1.63. The van der Waals surface area contributed by atoms with E-state index in [4.69, 9.17) is 5.73 Å². The summed E-state index contributed by atoms with van der Waals surface area (Å²) in [6.45, 7) is 3.79. The van der Waals surface area contributed by atoms with E-state index >= 15 is 0 Å². The molecule has 0 aliphatic heterocycles. The SMILES string of the molecule is CCCc1nn(C)c(NC(C)C(=O)OC)c1N. The average Bonchev–Trinajstić information content (AvgIpc) is 2.56. The number of ether oxygens (including phenoxy) is 1. The summed E-state index contributed by atoms with van der Waals surface area (Å²) >= 11 is 0. The molecule has 0 spiro atoms. The van der Waals surface area contributed by atoms with E-state index < -0.39 is 6.04 Å². The molecule has 1 aromatic rings. The average molecular weight is 240 g/mol. The Morgan fingerprint density at radius 1 is 1.65 bits per heavy atom. The van der Waals surface area contributed by atoms with Gasteiger partial charge in [-0.05, 0) is 13.3 Å². The number of hydrogen-bond donors (Lipinski definition) is 2. The first kappa shape index (κ1) is 13.3. The molecule has 1 rings (SSSR count). The van der Waals surface area contributed by atoms with Crippen molar-refractivity contribution in [1.29, 1.82) is 0 Å². The first-order valence-corrected chi connectivity index (χ1v) is 5.66. The largest absolute Gasteiger partial charge is 0.467 e. The van der Waals surface area contributed by atoms with Crippen molar-refractivity contribution in [1.82, 2.24) is 9.78 Å². The molecule has 0 saturated carbocycles. The van der Waals surface area contributed by atoms with Gasteiger partial charge in [-0.15, -0.1) is 0 Å². The molecular weight excluding hydrogens is 220 g/mol. The monoisotopic (exact) mass is 240 g/mol. The highest BCUT2D eigenvalue weighted by Gasteiger charge is 2.18. The third-order valence-electron chi connectivity index (χ3n) is 2.56. The van der Waals surface area contributed by atoms with E-state index in [1.165, 1.54) is 7.11 Å². The predicted octanol–water partition coefficient (Wildman–Crippen LogP) is 0.928. The molecule has 17 heavy (non-hydrogen) atoms. The Balaban J connectivity index is 2.87. The molecule has 3 N–H and O–H groups in total. The smallest absolute Gasteiger partial charge is 0.328 e. The van der Waals surface area contributed by atoms with Crippen molar-refractivity contribution < 1.29 is 9.53 Å². The molecule has 0 aromatic carbocycles. The quantitative estimate of drug-likeness (QED) is 0.748. The first-order chi connectivity index (χ1) is 8.01. The van der Waals surface area contributed by atoms with Crippen LogP contribution in [0.4, 0.5) is 11.5 Å². The standard InChI is InChI=1S/C11H20N4O2/c1-5-6-8-9(12)10(15(3)14-8)13-7(2)11(16)17-4/h7,13H,5-6,12H2,1-4H3. The van der Waals surface area contributed by atoms with Gasteiger partial charge < -0.3 is 15.8 Å². The van der Waals surface area contributed by atoms with Gasteiger partial charge in [-0.25, -0.2) is 4.79 Å². The number of anilines is 2. The van der Waals surface area contributed by atoms with Gasteiger partial charge in [0.25, 0.3) is 0 Å². The Hall–Kier alpha value is -1.72. The number of aryl methyl sites for hydroxylation is 2.